The maximum absolute atomic E-state index is 6.29. The van der Waals surface area contributed by atoms with Gasteiger partial charge in [-0.25, -0.2) is 0 Å². The first-order valence-corrected chi connectivity index (χ1v) is 10.3. The molecule has 0 amide bonds. The molecular weight excluding hydrogens is 268 g/mol. The van der Waals surface area contributed by atoms with Crippen LogP contribution in [0.3, 0.4) is 0 Å². The van der Waals surface area contributed by atoms with Crippen LogP contribution in [0.25, 0.3) is 0 Å². The summed E-state index contributed by atoms with van der Waals surface area (Å²) in [5.74, 6) is 2.73. The Bertz CT molecular complexity index is 292. The van der Waals surface area contributed by atoms with Crippen molar-refractivity contribution in [3.05, 3.63) is 0 Å². The van der Waals surface area contributed by atoms with Gasteiger partial charge in [0.1, 0.15) is 0 Å². The average Bonchev–Trinajstić information content (AvgIpc) is 2.37. The van der Waals surface area contributed by atoms with Crippen molar-refractivity contribution < 1.29 is 13.3 Å². The molecule has 3 nitrogen and oxygen atoms in total. The second kappa shape index (κ2) is 5.71. The van der Waals surface area contributed by atoms with Gasteiger partial charge in [-0.05, 0) is 77.0 Å². The molecule has 0 spiro atoms. The molecule has 0 unspecified atom stereocenters. The van der Waals surface area contributed by atoms with Crippen molar-refractivity contribution in [1.82, 2.24) is 0 Å². The third kappa shape index (κ3) is 2.29. The maximum Gasteiger partial charge on any atom is 0.507 e. The fourth-order valence-electron chi connectivity index (χ4n) is 5.64. The first-order valence-electron chi connectivity index (χ1n) is 8.58. The first-order chi connectivity index (χ1) is 9.67. The molecule has 0 aromatic carbocycles. The molecular formula is C16H30O3Si. The van der Waals surface area contributed by atoms with Crippen LogP contribution in [0.4, 0.5) is 0 Å². The predicted molar refractivity (Wildman–Crippen MR) is 81.5 cm³/mol. The minimum Gasteiger partial charge on any atom is -0.373 e. The number of hydrogen-bond acceptors (Lipinski definition) is 3. The molecule has 4 aliphatic rings. The van der Waals surface area contributed by atoms with Crippen molar-refractivity contribution in [3.63, 3.8) is 0 Å². The molecule has 0 heterocycles. The third-order valence-corrected chi connectivity index (χ3v) is 9.61. The lowest BCUT2D eigenvalue weighted by molar-refractivity contribution is -0.0390. The van der Waals surface area contributed by atoms with Gasteiger partial charge in [-0.3, -0.25) is 0 Å². The highest BCUT2D eigenvalue weighted by molar-refractivity contribution is 6.64. The molecule has 0 aromatic rings. The summed E-state index contributed by atoms with van der Waals surface area (Å²) in [5.41, 5.74) is 0. The van der Waals surface area contributed by atoms with E-state index in [-0.39, 0.29) is 5.04 Å². The monoisotopic (exact) mass is 298 g/mol. The van der Waals surface area contributed by atoms with Crippen LogP contribution in [0.5, 0.6) is 0 Å². The fraction of sp³-hybridized carbons (Fsp3) is 1.00. The zero-order valence-corrected chi connectivity index (χ0v) is 14.3. The van der Waals surface area contributed by atoms with Crippen molar-refractivity contribution in [1.29, 1.82) is 0 Å². The minimum atomic E-state index is -2.55. The summed E-state index contributed by atoms with van der Waals surface area (Å²) in [5, 5.41) is 0.240. The van der Waals surface area contributed by atoms with E-state index < -0.39 is 8.80 Å². The molecule has 4 fully saturated rings. The van der Waals surface area contributed by atoms with E-state index in [0.717, 1.165) is 17.8 Å². The Balaban J connectivity index is 1.92. The molecule has 116 valence electrons. The molecule has 4 bridgehead atoms. The van der Waals surface area contributed by atoms with Crippen molar-refractivity contribution in [2.75, 3.05) is 19.8 Å². The van der Waals surface area contributed by atoms with Crippen LogP contribution in [0.1, 0.15) is 59.3 Å². The SMILES string of the molecule is CCO[Si](OCC)(OCC)C12CC3CC(CC(C3)C1)C2. The van der Waals surface area contributed by atoms with Crippen molar-refractivity contribution in [3.8, 4) is 0 Å². The van der Waals surface area contributed by atoms with Crippen molar-refractivity contribution in [2.24, 2.45) is 17.8 Å². The Kier molecular flexibility index (Phi) is 4.29. The van der Waals surface area contributed by atoms with Gasteiger partial charge in [0, 0.05) is 24.9 Å². The second-order valence-corrected chi connectivity index (χ2v) is 10.1. The first kappa shape index (κ1) is 15.0. The smallest absolute Gasteiger partial charge is 0.373 e. The van der Waals surface area contributed by atoms with Gasteiger partial charge in [0.25, 0.3) is 0 Å². The Morgan fingerprint density at radius 3 is 1.40 bits per heavy atom. The van der Waals surface area contributed by atoms with Crippen LogP contribution >= 0.6 is 0 Å². The highest BCUT2D eigenvalue weighted by Crippen LogP contribution is 2.68. The lowest BCUT2D eigenvalue weighted by Crippen LogP contribution is -2.62. The van der Waals surface area contributed by atoms with Gasteiger partial charge < -0.3 is 13.3 Å². The van der Waals surface area contributed by atoms with Gasteiger partial charge >= 0.3 is 8.80 Å². The summed E-state index contributed by atoms with van der Waals surface area (Å²) in [6, 6.07) is 0. The van der Waals surface area contributed by atoms with Crippen LogP contribution < -0.4 is 0 Å². The fourth-order valence-corrected chi connectivity index (χ4v) is 9.56. The van der Waals surface area contributed by atoms with E-state index in [1.54, 1.807) is 0 Å². The van der Waals surface area contributed by atoms with Crippen LogP contribution in [0.2, 0.25) is 5.04 Å². The molecule has 0 N–H and O–H groups in total. The second-order valence-electron chi connectivity index (χ2n) is 7.05. The largest absolute Gasteiger partial charge is 0.507 e. The predicted octanol–water partition coefficient (Wildman–Crippen LogP) is 4.01. The average molecular weight is 298 g/mol. The quantitative estimate of drug-likeness (QED) is 0.665. The standard InChI is InChI=1S/C16H30O3Si/c1-4-17-20(18-5-2,19-6-3)16-10-13-7-14(11-16)9-15(8-13)12-16/h13-15H,4-12H2,1-3H3. The van der Waals surface area contributed by atoms with E-state index in [0.29, 0.717) is 19.8 Å². The lowest BCUT2D eigenvalue weighted by Gasteiger charge is -2.60. The molecule has 0 atom stereocenters. The molecule has 0 radical (unpaired) electrons. The highest BCUT2D eigenvalue weighted by atomic mass is 28.4. The molecule has 0 aliphatic heterocycles. The molecule has 4 rings (SSSR count). The Morgan fingerprint density at radius 2 is 1.10 bits per heavy atom. The summed E-state index contributed by atoms with van der Waals surface area (Å²) in [4.78, 5) is 0. The van der Waals surface area contributed by atoms with Crippen molar-refractivity contribution in [2.45, 2.75) is 64.3 Å². The topological polar surface area (TPSA) is 27.7 Å². The van der Waals surface area contributed by atoms with Gasteiger partial charge in [0.2, 0.25) is 0 Å². The summed E-state index contributed by atoms with van der Waals surface area (Å²) in [7, 11) is -2.55. The minimum absolute atomic E-state index is 0.240. The van der Waals surface area contributed by atoms with Crippen LogP contribution in [-0.2, 0) is 13.3 Å². The van der Waals surface area contributed by atoms with E-state index >= 15 is 0 Å². The molecule has 4 saturated carbocycles. The van der Waals surface area contributed by atoms with E-state index in [1.165, 1.54) is 38.5 Å². The Hall–Kier alpha value is 0.0969. The Morgan fingerprint density at radius 1 is 0.750 bits per heavy atom. The molecule has 4 heteroatoms. The number of rotatable bonds is 7. The molecule has 4 aliphatic carbocycles. The summed E-state index contributed by atoms with van der Waals surface area (Å²) in [6.07, 6.45) is 8.25. The van der Waals surface area contributed by atoms with Gasteiger partial charge in [-0.1, -0.05) is 0 Å². The Labute approximate surface area is 124 Å². The summed E-state index contributed by atoms with van der Waals surface area (Å²) >= 11 is 0. The molecule has 0 saturated heterocycles. The van der Waals surface area contributed by atoms with Crippen LogP contribution in [-0.4, -0.2) is 28.6 Å². The lowest BCUT2D eigenvalue weighted by atomic mass is 9.56. The van der Waals surface area contributed by atoms with Gasteiger partial charge in [0.05, 0.1) is 0 Å². The van der Waals surface area contributed by atoms with E-state index in [4.69, 9.17) is 13.3 Å². The molecule has 0 aromatic heterocycles. The van der Waals surface area contributed by atoms with E-state index in [2.05, 4.69) is 20.8 Å². The van der Waals surface area contributed by atoms with Crippen molar-refractivity contribution >= 4 is 8.80 Å². The molecule has 20 heavy (non-hydrogen) atoms. The highest BCUT2D eigenvalue weighted by Gasteiger charge is 2.67. The summed E-state index contributed by atoms with van der Waals surface area (Å²) in [6.45, 7) is 8.40. The summed E-state index contributed by atoms with van der Waals surface area (Å²) < 4.78 is 18.9. The van der Waals surface area contributed by atoms with Crippen LogP contribution in [0.15, 0.2) is 0 Å². The van der Waals surface area contributed by atoms with Gasteiger partial charge in [-0.15, -0.1) is 0 Å². The zero-order chi connectivity index (χ0) is 14.2. The zero-order valence-electron chi connectivity index (χ0n) is 13.3. The third-order valence-electron chi connectivity index (χ3n) is 5.69. The van der Waals surface area contributed by atoms with Gasteiger partial charge in [-0.2, -0.15) is 0 Å². The number of hydrogen-bond donors (Lipinski definition) is 0. The normalized spacial score (nSPS) is 39.5. The van der Waals surface area contributed by atoms with E-state index in [9.17, 15) is 0 Å². The van der Waals surface area contributed by atoms with E-state index in [1.807, 2.05) is 0 Å². The van der Waals surface area contributed by atoms with Gasteiger partial charge in [0.15, 0.2) is 0 Å². The maximum atomic E-state index is 6.29. The van der Waals surface area contributed by atoms with Crippen LogP contribution in [0, 0.1) is 17.8 Å².